The summed E-state index contributed by atoms with van der Waals surface area (Å²) in [7, 11) is 0. The van der Waals surface area contributed by atoms with Crippen molar-refractivity contribution in [1.82, 2.24) is 9.80 Å². The number of carbonyl (C=O) groups is 3. The zero-order valence-electron chi connectivity index (χ0n) is 25.6. The Morgan fingerprint density at radius 2 is 1.48 bits per heavy atom. The van der Waals surface area contributed by atoms with E-state index in [0.717, 1.165) is 16.7 Å². The van der Waals surface area contributed by atoms with E-state index in [1.54, 1.807) is 22.0 Å². The van der Waals surface area contributed by atoms with E-state index in [0.29, 0.717) is 0 Å². The molecular formula is C37H40N2O5. The van der Waals surface area contributed by atoms with Crippen LogP contribution in [-0.4, -0.2) is 51.1 Å². The molecule has 0 bridgehead atoms. The van der Waals surface area contributed by atoms with Crippen molar-refractivity contribution in [2.45, 2.75) is 68.8 Å². The first kappa shape index (κ1) is 30.8. The predicted molar refractivity (Wildman–Crippen MR) is 169 cm³/mol. The van der Waals surface area contributed by atoms with Crippen LogP contribution < -0.4 is 0 Å². The number of benzene rings is 3. The highest BCUT2D eigenvalue weighted by Gasteiger charge is 2.72. The van der Waals surface area contributed by atoms with Gasteiger partial charge in [0.05, 0.1) is 12.1 Å². The second-order valence-corrected chi connectivity index (χ2v) is 12.5. The molecule has 0 spiro atoms. The van der Waals surface area contributed by atoms with Gasteiger partial charge in [-0.25, -0.2) is 9.59 Å². The molecule has 2 aliphatic rings. The maximum Gasteiger partial charge on any atom is 0.411 e. The highest BCUT2D eigenvalue weighted by molar-refractivity contribution is 6.02. The lowest BCUT2D eigenvalue weighted by molar-refractivity contribution is -0.205. The Kier molecular flexibility index (Phi) is 8.51. The summed E-state index contributed by atoms with van der Waals surface area (Å²) in [5.41, 5.74) is -1.17. The first-order valence-electron chi connectivity index (χ1n) is 15.0. The van der Waals surface area contributed by atoms with Gasteiger partial charge in [-0.2, -0.15) is 0 Å². The van der Waals surface area contributed by atoms with Gasteiger partial charge < -0.3 is 14.4 Å². The van der Waals surface area contributed by atoms with E-state index in [9.17, 15) is 9.59 Å². The summed E-state index contributed by atoms with van der Waals surface area (Å²) >= 11 is 0. The minimum Gasteiger partial charge on any atom is -0.458 e. The molecule has 2 fully saturated rings. The lowest BCUT2D eigenvalue weighted by Gasteiger charge is -2.64. The van der Waals surface area contributed by atoms with Crippen molar-refractivity contribution in [1.29, 1.82) is 0 Å². The van der Waals surface area contributed by atoms with Crippen molar-refractivity contribution in [3.8, 4) is 0 Å². The molecule has 0 N–H and O–H groups in total. The number of ether oxygens (including phenoxy) is 2. The molecule has 2 saturated heterocycles. The van der Waals surface area contributed by atoms with Gasteiger partial charge in [-0.3, -0.25) is 9.69 Å². The summed E-state index contributed by atoms with van der Waals surface area (Å²) in [6, 6.07) is 27.5. The SMILES string of the molecule is C=CC[C@](Cc1ccccc1)(C(=O)OC(C)(C)C)N1C(=O)[C@@](CC=C)(N2C(=O)OC[C@@H]2c2ccccc2)[C@H]1c1ccccc1. The number of hydrogen-bond acceptors (Lipinski definition) is 5. The van der Waals surface area contributed by atoms with Crippen LogP contribution >= 0.6 is 0 Å². The Morgan fingerprint density at radius 1 is 0.909 bits per heavy atom. The summed E-state index contributed by atoms with van der Waals surface area (Å²) in [6.45, 7) is 13.5. The second kappa shape index (κ2) is 12.2. The molecule has 0 radical (unpaired) electrons. The van der Waals surface area contributed by atoms with Gasteiger partial charge in [0.2, 0.25) is 0 Å². The molecule has 2 amide bonds. The maximum absolute atomic E-state index is 15.1. The summed E-state index contributed by atoms with van der Waals surface area (Å²) in [5.74, 6) is -0.895. The number of hydrogen-bond donors (Lipinski definition) is 0. The van der Waals surface area contributed by atoms with Gasteiger partial charge in [-0.1, -0.05) is 103 Å². The molecule has 2 heterocycles. The van der Waals surface area contributed by atoms with E-state index in [4.69, 9.17) is 9.47 Å². The third-order valence-electron chi connectivity index (χ3n) is 8.42. The number of cyclic esters (lactones) is 1. The Morgan fingerprint density at radius 3 is 2.02 bits per heavy atom. The Balaban J connectivity index is 1.74. The van der Waals surface area contributed by atoms with Gasteiger partial charge in [-0.15, -0.1) is 13.2 Å². The standard InChI is InChI=1S/C37H40N2O5/c1-6-23-36(33(41)44-35(3,4)5,25-27-17-11-8-12-18-27)39-31(29-21-15-10-16-22-29)37(24-7-2,32(39)40)38-30(26-43-34(38)42)28-19-13-9-14-20-28/h6-22,30-31H,1-2,23-26H2,3-5H3/t30-,31-,36+,37+/m1/s1. The van der Waals surface area contributed by atoms with Crippen LogP contribution in [0.2, 0.25) is 0 Å². The van der Waals surface area contributed by atoms with Crippen LogP contribution in [0.5, 0.6) is 0 Å². The summed E-state index contributed by atoms with van der Waals surface area (Å²) in [4.78, 5) is 46.5. The summed E-state index contributed by atoms with van der Waals surface area (Å²) < 4.78 is 11.7. The van der Waals surface area contributed by atoms with E-state index in [1.165, 1.54) is 0 Å². The molecule has 0 aromatic heterocycles. The highest BCUT2D eigenvalue weighted by Crippen LogP contribution is 2.57. The van der Waals surface area contributed by atoms with Crippen LogP contribution in [0.4, 0.5) is 4.79 Å². The largest absolute Gasteiger partial charge is 0.458 e. The third-order valence-corrected chi connectivity index (χ3v) is 8.42. The molecule has 3 aromatic carbocycles. The molecule has 228 valence electrons. The van der Waals surface area contributed by atoms with Crippen molar-refractivity contribution in [2.24, 2.45) is 0 Å². The van der Waals surface area contributed by atoms with Gasteiger partial charge in [0.1, 0.15) is 17.7 Å². The van der Waals surface area contributed by atoms with Crippen LogP contribution in [0.3, 0.4) is 0 Å². The number of rotatable bonds is 11. The molecule has 7 heteroatoms. The lowest BCUT2D eigenvalue weighted by atomic mass is 9.66. The third kappa shape index (κ3) is 5.32. The zero-order valence-corrected chi connectivity index (χ0v) is 25.6. The summed E-state index contributed by atoms with van der Waals surface area (Å²) in [6.07, 6.45) is 3.24. The van der Waals surface area contributed by atoms with Gasteiger partial charge in [0, 0.05) is 6.42 Å². The molecule has 2 aliphatic heterocycles. The van der Waals surface area contributed by atoms with E-state index < -0.39 is 40.8 Å². The molecule has 5 rings (SSSR count). The fourth-order valence-electron chi connectivity index (χ4n) is 6.68. The highest BCUT2D eigenvalue weighted by atomic mass is 16.6. The molecule has 4 atom stereocenters. The topological polar surface area (TPSA) is 76.2 Å². The summed E-state index contributed by atoms with van der Waals surface area (Å²) in [5, 5.41) is 0. The minimum absolute atomic E-state index is 0.102. The van der Waals surface area contributed by atoms with E-state index in [2.05, 4.69) is 13.2 Å². The van der Waals surface area contributed by atoms with Crippen molar-refractivity contribution in [3.63, 3.8) is 0 Å². The number of β-lactam (4-membered cyclic amide) rings is 1. The smallest absolute Gasteiger partial charge is 0.411 e. The Bertz CT molecular complexity index is 1520. The van der Waals surface area contributed by atoms with Gasteiger partial charge >= 0.3 is 12.1 Å². The van der Waals surface area contributed by atoms with Gasteiger partial charge in [0.15, 0.2) is 5.54 Å². The van der Waals surface area contributed by atoms with Crippen molar-refractivity contribution >= 4 is 18.0 Å². The average molecular weight is 593 g/mol. The molecule has 44 heavy (non-hydrogen) atoms. The van der Waals surface area contributed by atoms with Crippen molar-refractivity contribution in [2.75, 3.05) is 6.61 Å². The van der Waals surface area contributed by atoms with Crippen LogP contribution in [0, 0.1) is 0 Å². The number of carbonyl (C=O) groups excluding carboxylic acids is 3. The van der Waals surface area contributed by atoms with Crippen LogP contribution in [-0.2, 0) is 25.5 Å². The van der Waals surface area contributed by atoms with Crippen LogP contribution in [0.1, 0.15) is 62.4 Å². The monoisotopic (exact) mass is 592 g/mol. The molecule has 0 saturated carbocycles. The first-order chi connectivity index (χ1) is 21.1. The van der Waals surface area contributed by atoms with Crippen molar-refractivity contribution < 1.29 is 23.9 Å². The fraction of sp³-hybridized carbons (Fsp3) is 0.324. The van der Waals surface area contributed by atoms with Crippen LogP contribution in [0.15, 0.2) is 116 Å². The lowest BCUT2D eigenvalue weighted by Crippen LogP contribution is -2.81. The number of amides is 2. The Hall–Kier alpha value is -4.65. The van der Waals surface area contributed by atoms with Gasteiger partial charge in [0.25, 0.3) is 5.91 Å². The molecular weight excluding hydrogens is 552 g/mol. The number of nitrogens with zero attached hydrogens (tertiary/aromatic N) is 2. The number of esters is 1. The molecule has 3 aromatic rings. The number of likely N-dealkylation sites (tertiary alicyclic amines) is 1. The zero-order chi connectivity index (χ0) is 31.5. The fourth-order valence-corrected chi connectivity index (χ4v) is 6.68. The van der Waals surface area contributed by atoms with Gasteiger partial charge in [-0.05, 0) is 50.3 Å². The van der Waals surface area contributed by atoms with E-state index >= 15 is 4.79 Å². The quantitative estimate of drug-likeness (QED) is 0.136. The second-order valence-electron chi connectivity index (χ2n) is 12.5. The normalized spacial score (nSPS) is 22.9. The minimum atomic E-state index is -1.45. The first-order valence-corrected chi connectivity index (χ1v) is 15.0. The molecule has 0 unspecified atom stereocenters. The molecule has 0 aliphatic carbocycles. The van der Waals surface area contributed by atoms with E-state index in [1.807, 2.05) is 112 Å². The van der Waals surface area contributed by atoms with E-state index in [-0.39, 0.29) is 31.8 Å². The molecule has 7 nitrogen and oxygen atoms in total. The Labute approximate surface area is 259 Å². The average Bonchev–Trinajstić information content (AvgIpc) is 3.40. The van der Waals surface area contributed by atoms with Crippen molar-refractivity contribution in [3.05, 3.63) is 133 Å². The predicted octanol–water partition coefficient (Wildman–Crippen LogP) is 6.98. The maximum atomic E-state index is 15.1. The van der Waals surface area contributed by atoms with Crippen LogP contribution in [0.25, 0.3) is 0 Å².